The molecular formula is C42H71N11O20. The molecule has 31 heteroatoms. The molecule has 31 nitrogen and oxygen atoms in total. The molecule has 0 bridgehead atoms. The van der Waals surface area contributed by atoms with Crippen LogP contribution in [0.2, 0.25) is 0 Å². The highest BCUT2D eigenvalue weighted by Crippen LogP contribution is 2.07. The molecule has 73 heavy (non-hydrogen) atoms. The van der Waals surface area contributed by atoms with Crippen LogP contribution in [0.5, 0.6) is 0 Å². The van der Waals surface area contributed by atoms with Crippen LogP contribution in [-0.2, 0) is 52.7 Å². The van der Waals surface area contributed by atoms with Gasteiger partial charge in [0.05, 0.1) is 72.0 Å². The second kappa shape index (κ2) is 33.5. The topological polar surface area (TPSA) is 405 Å². The molecule has 0 aromatic carbocycles. The van der Waals surface area contributed by atoms with Crippen LogP contribution in [0.1, 0.15) is 0 Å². The third-order valence-electron chi connectivity index (χ3n) is 11.8. The Kier molecular flexibility index (Phi) is 28.9. The van der Waals surface area contributed by atoms with Crippen LogP contribution in [0.4, 0.5) is 0 Å². The number of carbonyl (C=O) groups is 11. The zero-order valence-electron chi connectivity index (χ0n) is 40.9. The van der Waals surface area contributed by atoms with Crippen molar-refractivity contribution in [1.29, 1.82) is 0 Å². The van der Waals surface area contributed by atoms with E-state index >= 15 is 0 Å². The minimum absolute atomic E-state index is 0.00230. The molecule has 0 aromatic heterocycles. The van der Waals surface area contributed by atoms with E-state index in [-0.39, 0.29) is 144 Å². The van der Waals surface area contributed by atoms with Crippen molar-refractivity contribution in [1.82, 2.24) is 53.9 Å². The van der Waals surface area contributed by atoms with Gasteiger partial charge in [0.1, 0.15) is 0 Å². The Morgan fingerprint density at radius 1 is 0.247 bits per heavy atom. The number of hydrogen-bond donors (Lipinski definition) is 9. The Labute approximate surface area is 420 Å². The van der Waals surface area contributed by atoms with Gasteiger partial charge in [-0.25, -0.2) is 0 Å². The van der Waals surface area contributed by atoms with E-state index in [2.05, 4.69) is 0 Å². The summed E-state index contributed by atoms with van der Waals surface area (Å²) in [6.45, 7) is -5.99. The van der Waals surface area contributed by atoms with Crippen LogP contribution in [0.15, 0.2) is 0 Å². The van der Waals surface area contributed by atoms with E-state index < -0.39 is 124 Å². The van der Waals surface area contributed by atoms with Gasteiger partial charge in [0.15, 0.2) is 0 Å². The lowest BCUT2D eigenvalue weighted by Crippen LogP contribution is -2.52. The van der Waals surface area contributed by atoms with Crippen LogP contribution >= 0.6 is 0 Å². The predicted molar refractivity (Wildman–Crippen MR) is 250 cm³/mol. The maximum absolute atomic E-state index is 14.0. The molecule has 2 aliphatic heterocycles. The fourth-order valence-corrected chi connectivity index (χ4v) is 8.09. The Bertz CT molecular complexity index is 1700. The summed E-state index contributed by atoms with van der Waals surface area (Å²) in [5, 5.41) is 86.5. The average Bonchev–Trinajstić information content (AvgIpc) is 3.25. The van der Waals surface area contributed by atoms with Crippen LogP contribution < -0.4 is 0 Å². The number of rotatable bonds is 28. The third kappa shape index (κ3) is 29.2. The van der Waals surface area contributed by atoms with Gasteiger partial charge < -0.3 is 55.8 Å². The summed E-state index contributed by atoms with van der Waals surface area (Å²) in [5.74, 6) is -12.3. The molecule has 9 N–H and O–H groups in total. The molecule has 2 fully saturated rings. The number of carboxylic acid groups (broad SMARTS) is 9. The highest BCUT2D eigenvalue weighted by atomic mass is 16.4. The van der Waals surface area contributed by atoms with Crippen LogP contribution in [-0.4, -0.2) is 368 Å². The lowest BCUT2D eigenvalue weighted by molar-refractivity contribution is -0.142. The van der Waals surface area contributed by atoms with Crippen molar-refractivity contribution in [3.8, 4) is 0 Å². The summed E-state index contributed by atoms with van der Waals surface area (Å²) in [7, 11) is 0. The van der Waals surface area contributed by atoms with Crippen molar-refractivity contribution < 1.29 is 98.7 Å². The molecule has 2 aliphatic rings. The van der Waals surface area contributed by atoms with Gasteiger partial charge in [-0.05, 0) is 0 Å². The molecule has 414 valence electrons. The van der Waals surface area contributed by atoms with Crippen LogP contribution in [0.25, 0.3) is 0 Å². The van der Waals surface area contributed by atoms with Gasteiger partial charge in [-0.2, -0.15) is 0 Å². The molecule has 0 aliphatic carbocycles. The minimum atomic E-state index is -1.34. The zero-order chi connectivity index (χ0) is 54.6. The Balaban J connectivity index is 2.30. The van der Waals surface area contributed by atoms with Gasteiger partial charge >= 0.3 is 53.7 Å². The van der Waals surface area contributed by atoms with Crippen molar-refractivity contribution in [2.75, 3.05) is 203 Å². The van der Waals surface area contributed by atoms with Gasteiger partial charge in [-0.15, -0.1) is 0 Å². The van der Waals surface area contributed by atoms with Crippen LogP contribution in [0, 0.1) is 0 Å². The van der Waals surface area contributed by atoms with E-state index in [0.29, 0.717) is 0 Å². The van der Waals surface area contributed by atoms with Gasteiger partial charge in [-0.3, -0.25) is 96.8 Å². The number of aliphatic carboxylic acids is 9. The summed E-state index contributed by atoms with van der Waals surface area (Å²) < 4.78 is 0. The normalized spacial score (nSPS) is 17.5. The van der Waals surface area contributed by atoms with E-state index in [0.717, 1.165) is 0 Å². The molecule has 2 rings (SSSR count). The lowest BCUT2D eigenvalue weighted by Gasteiger charge is -2.34. The molecule has 0 radical (unpaired) electrons. The van der Waals surface area contributed by atoms with Gasteiger partial charge in [0.25, 0.3) is 0 Å². The number of amides is 2. The van der Waals surface area contributed by atoms with Gasteiger partial charge in [0, 0.05) is 131 Å². The first-order chi connectivity index (χ1) is 34.4. The summed E-state index contributed by atoms with van der Waals surface area (Å²) in [6.07, 6.45) is 0. The largest absolute Gasteiger partial charge is 0.480 e. The Hall–Kier alpha value is -6.19. The molecule has 0 spiro atoms. The first kappa shape index (κ1) is 62.9. The van der Waals surface area contributed by atoms with Gasteiger partial charge in [0.2, 0.25) is 11.8 Å². The van der Waals surface area contributed by atoms with E-state index in [1.807, 2.05) is 0 Å². The summed E-state index contributed by atoms with van der Waals surface area (Å²) in [6, 6.07) is 0. The zero-order valence-corrected chi connectivity index (χ0v) is 40.9. The highest BCUT2D eigenvalue weighted by molar-refractivity contribution is 5.80. The second-order valence-electron chi connectivity index (χ2n) is 17.7. The third-order valence-corrected chi connectivity index (χ3v) is 11.8. The van der Waals surface area contributed by atoms with Gasteiger partial charge in [-0.1, -0.05) is 0 Å². The number of carboxylic acids is 9. The summed E-state index contributed by atoms with van der Waals surface area (Å²) in [4.78, 5) is 150. The molecule has 0 aromatic rings. The van der Waals surface area contributed by atoms with E-state index in [4.69, 9.17) is 0 Å². The fraction of sp³-hybridized carbons (Fsp3) is 0.738. The van der Waals surface area contributed by atoms with Crippen molar-refractivity contribution >= 4 is 65.5 Å². The minimum Gasteiger partial charge on any atom is -0.480 e. The van der Waals surface area contributed by atoms with E-state index in [1.54, 1.807) is 9.80 Å². The maximum Gasteiger partial charge on any atom is 0.317 e. The van der Waals surface area contributed by atoms with Crippen molar-refractivity contribution in [3.05, 3.63) is 0 Å². The van der Waals surface area contributed by atoms with E-state index in [9.17, 15) is 98.7 Å². The number of hydrogen-bond acceptors (Lipinski definition) is 20. The quantitative estimate of drug-likeness (QED) is 0.0352. The molecule has 2 saturated heterocycles. The first-order valence-electron chi connectivity index (χ1n) is 23.4. The molecule has 2 amide bonds. The monoisotopic (exact) mass is 1050 g/mol. The summed E-state index contributed by atoms with van der Waals surface area (Å²) >= 11 is 0. The molecule has 0 unspecified atom stereocenters. The number of carbonyl (C=O) groups excluding carboxylic acids is 2. The Morgan fingerprint density at radius 3 is 0.616 bits per heavy atom. The maximum atomic E-state index is 14.0. The van der Waals surface area contributed by atoms with Crippen LogP contribution in [0.3, 0.4) is 0 Å². The molecule has 0 atom stereocenters. The summed E-state index contributed by atoms with van der Waals surface area (Å²) in [5.41, 5.74) is 0. The lowest BCUT2D eigenvalue weighted by atomic mass is 10.3. The van der Waals surface area contributed by atoms with Crippen molar-refractivity contribution in [2.45, 2.75) is 0 Å². The highest BCUT2D eigenvalue weighted by Gasteiger charge is 2.27. The molecule has 2 heterocycles. The second-order valence-corrected chi connectivity index (χ2v) is 17.7. The molecular weight excluding hydrogens is 979 g/mol. The average molecular weight is 1050 g/mol. The number of nitrogens with zero attached hydrogens (tertiary/aromatic N) is 11. The standard InChI is InChI=1S/C42H71N11O20/c54-32(52-17-13-46(26-37(62)63)5-1-43(23-34(56)57)2-6-47(14-18-52)27-38(64)65)21-50(30-41(70)71)11-9-45(25-36(60)61)10-12-51(31-42(72)73)22-33(55)53-19-15-48(28-39(66)67)7-3-44(24-35(58)59)4-8-49(16-20-53)29-40(68)69/h1-31H2,(H,56,57)(H,58,59)(H,60,61)(H,62,63)(H,64,65)(H,66,67)(H,68,69)(H,70,71)(H,72,73). The first-order valence-corrected chi connectivity index (χ1v) is 23.4. The van der Waals surface area contributed by atoms with E-state index in [1.165, 1.54) is 44.1 Å². The fourth-order valence-electron chi connectivity index (χ4n) is 8.09. The SMILES string of the molecule is O=C(O)CN1CCN(CC(=O)O)CCN(C(=O)CN(CCN(CCN(CC(=O)O)CC(=O)N2CCN(CC(=O)O)CCN(CC(=O)O)CCN(CC(=O)O)CC2)CC(=O)O)CC(=O)O)CCN(CC(=O)O)CC1. The van der Waals surface area contributed by atoms with Crippen molar-refractivity contribution in [3.63, 3.8) is 0 Å². The smallest absolute Gasteiger partial charge is 0.317 e. The Morgan fingerprint density at radius 2 is 0.425 bits per heavy atom. The van der Waals surface area contributed by atoms with Crippen molar-refractivity contribution in [2.24, 2.45) is 0 Å². The molecule has 0 saturated carbocycles. The predicted octanol–water partition coefficient (Wildman–Crippen LogP) is -6.85.